The predicted molar refractivity (Wildman–Crippen MR) is 39.2 cm³/mol. The topological polar surface area (TPSA) is 50.4 Å². The Balaban J connectivity index is 2.02. The summed E-state index contributed by atoms with van der Waals surface area (Å²) < 4.78 is 5.09. The molecule has 0 aromatic heterocycles. The zero-order chi connectivity index (χ0) is 7.90. The fourth-order valence-electron chi connectivity index (χ4n) is 1.52. The molecule has 62 valence electrons. The van der Waals surface area contributed by atoms with Gasteiger partial charge in [-0.25, -0.2) is 0 Å². The van der Waals surface area contributed by atoms with Gasteiger partial charge in [0.05, 0.1) is 24.8 Å². The third-order valence-electron chi connectivity index (χ3n) is 2.27. The van der Waals surface area contributed by atoms with Gasteiger partial charge in [0.15, 0.2) is 0 Å². The zero-order valence-electron chi connectivity index (χ0n) is 6.52. The molecule has 1 spiro atoms. The molecular formula is C7H12N2O2. The van der Waals surface area contributed by atoms with Crippen molar-refractivity contribution in [1.29, 1.82) is 0 Å². The lowest BCUT2D eigenvalue weighted by atomic mass is 9.93. The Bertz CT molecular complexity index is 189. The minimum Gasteiger partial charge on any atom is -0.377 e. The summed E-state index contributed by atoms with van der Waals surface area (Å²) >= 11 is 0. The number of ether oxygens (including phenoxy) is 1. The summed E-state index contributed by atoms with van der Waals surface area (Å²) in [6.45, 7) is 4.01. The first kappa shape index (κ1) is 7.06. The molecule has 2 heterocycles. The summed E-state index contributed by atoms with van der Waals surface area (Å²) in [5, 5.41) is 6.08. The summed E-state index contributed by atoms with van der Waals surface area (Å²) in [6.07, 6.45) is 0. The molecule has 1 amide bonds. The number of hydrogen-bond donors (Lipinski definition) is 2. The van der Waals surface area contributed by atoms with Crippen LogP contribution in [0.4, 0.5) is 0 Å². The molecule has 0 aromatic rings. The molecule has 2 N–H and O–H groups in total. The summed E-state index contributed by atoms with van der Waals surface area (Å²) in [6, 6.07) is -0.0763. The SMILES string of the molecule is C[C@H]1NC2(CNC1=O)COC2. The highest BCUT2D eigenvalue weighted by Gasteiger charge is 2.43. The van der Waals surface area contributed by atoms with Crippen molar-refractivity contribution in [2.45, 2.75) is 18.5 Å². The van der Waals surface area contributed by atoms with Crippen LogP contribution in [0.15, 0.2) is 0 Å². The van der Waals surface area contributed by atoms with Crippen LogP contribution in [0.25, 0.3) is 0 Å². The lowest BCUT2D eigenvalue weighted by Gasteiger charge is -2.46. The molecule has 2 saturated heterocycles. The van der Waals surface area contributed by atoms with E-state index in [1.165, 1.54) is 0 Å². The highest BCUT2D eigenvalue weighted by Crippen LogP contribution is 2.18. The third-order valence-corrected chi connectivity index (χ3v) is 2.27. The van der Waals surface area contributed by atoms with E-state index in [1.54, 1.807) is 0 Å². The quantitative estimate of drug-likeness (QED) is 0.466. The van der Waals surface area contributed by atoms with Gasteiger partial charge < -0.3 is 10.1 Å². The van der Waals surface area contributed by atoms with E-state index in [4.69, 9.17) is 4.74 Å². The first-order chi connectivity index (χ1) is 5.22. The van der Waals surface area contributed by atoms with E-state index in [2.05, 4.69) is 10.6 Å². The van der Waals surface area contributed by atoms with Gasteiger partial charge >= 0.3 is 0 Å². The van der Waals surface area contributed by atoms with Gasteiger partial charge in [0.25, 0.3) is 0 Å². The van der Waals surface area contributed by atoms with E-state index in [1.807, 2.05) is 6.92 Å². The predicted octanol–water partition coefficient (Wildman–Crippen LogP) is -1.14. The Labute approximate surface area is 65.3 Å². The van der Waals surface area contributed by atoms with E-state index >= 15 is 0 Å². The van der Waals surface area contributed by atoms with Crippen LogP contribution in [0, 0.1) is 0 Å². The number of hydrogen-bond acceptors (Lipinski definition) is 3. The second-order valence-corrected chi connectivity index (χ2v) is 3.36. The average Bonchev–Trinajstić information content (AvgIpc) is 1.92. The minimum absolute atomic E-state index is 0.0489. The molecule has 2 aliphatic rings. The second kappa shape index (κ2) is 2.19. The summed E-state index contributed by atoms with van der Waals surface area (Å²) in [5.74, 6) is 0.0857. The Hall–Kier alpha value is -0.610. The molecular weight excluding hydrogens is 144 g/mol. The molecule has 11 heavy (non-hydrogen) atoms. The molecule has 0 saturated carbocycles. The van der Waals surface area contributed by atoms with Crippen molar-refractivity contribution in [3.63, 3.8) is 0 Å². The van der Waals surface area contributed by atoms with Crippen molar-refractivity contribution in [2.75, 3.05) is 19.8 Å². The lowest BCUT2D eigenvalue weighted by Crippen LogP contribution is -2.73. The maximum atomic E-state index is 11.0. The standard InChI is InChI=1S/C7H12N2O2/c1-5-6(10)8-2-7(9-5)3-11-4-7/h5,9H,2-4H2,1H3,(H,8,10)/t5-/m1/s1. The van der Waals surface area contributed by atoms with Crippen LogP contribution < -0.4 is 10.6 Å². The molecule has 1 atom stereocenters. The first-order valence-electron chi connectivity index (χ1n) is 3.85. The van der Waals surface area contributed by atoms with Gasteiger partial charge in [0.1, 0.15) is 0 Å². The fourth-order valence-corrected chi connectivity index (χ4v) is 1.52. The largest absolute Gasteiger partial charge is 0.377 e. The molecule has 0 radical (unpaired) electrons. The number of piperazine rings is 1. The Morgan fingerprint density at radius 2 is 2.36 bits per heavy atom. The maximum absolute atomic E-state index is 11.0. The van der Waals surface area contributed by atoms with Crippen LogP contribution >= 0.6 is 0 Å². The van der Waals surface area contributed by atoms with Gasteiger partial charge in [-0.2, -0.15) is 0 Å². The van der Waals surface area contributed by atoms with Crippen LogP contribution in [0.1, 0.15) is 6.92 Å². The van der Waals surface area contributed by atoms with E-state index in [9.17, 15) is 4.79 Å². The van der Waals surface area contributed by atoms with E-state index in [0.717, 1.165) is 13.2 Å². The van der Waals surface area contributed by atoms with Crippen molar-refractivity contribution in [3.05, 3.63) is 0 Å². The van der Waals surface area contributed by atoms with Gasteiger partial charge in [0, 0.05) is 6.54 Å². The maximum Gasteiger partial charge on any atom is 0.236 e. The van der Waals surface area contributed by atoms with E-state index in [-0.39, 0.29) is 17.5 Å². The van der Waals surface area contributed by atoms with Crippen LogP contribution in [-0.4, -0.2) is 37.2 Å². The second-order valence-electron chi connectivity index (χ2n) is 3.36. The van der Waals surface area contributed by atoms with Crippen LogP contribution in [-0.2, 0) is 9.53 Å². The third kappa shape index (κ3) is 1.02. The summed E-state index contributed by atoms with van der Waals surface area (Å²) in [7, 11) is 0. The molecule has 0 unspecified atom stereocenters. The first-order valence-corrected chi connectivity index (χ1v) is 3.85. The van der Waals surface area contributed by atoms with Crippen molar-refractivity contribution in [2.24, 2.45) is 0 Å². The molecule has 2 rings (SSSR count). The smallest absolute Gasteiger partial charge is 0.236 e. The molecule has 2 aliphatic heterocycles. The highest BCUT2D eigenvalue weighted by atomic mass is 16.5. The average molecular weight is 156 g/mol. The lowest BCUT2D eigenvalue weighted by molar-refractivity contribution is -0.135. The Kier molecular flexibility index (Phi) is 1.40. The number of rotatable bonds is 0. The van der Waals surface area contributed by atoms with Gasteiger partial charge in [-0.15, -0.1) is 0 Å². The van der Waals surface area contributed by atoms with Gasteiger partial charge in [-0.05, 0) is 6.92 Å². The zero-order valence-corrected chi connectivity index (χ0v) is 6.52. The number of carbonyl (C=O) groups excluding carboxylic acids is 1. The van der Waals surface area contributed by atoms with Crippen LogP contribution in [0.2, 0.25) is 0 Å². The molecule has 4 nitrogen and oxygen atoms in total. The van der Waals surface area contributed by atoms with Gasteiger partial charge in [0.2, 0.25) is 5.91 Å². The molecule has 4 heteroatoms. The molecule has 0 bridgehead atoms. The molecule has 0 aromatic carbocycles. The Morgan fingerprint density at radius 1 is 1.64 bits per heavy atom. The van der Waals surface area contributed by atoms with Gasteiger partial charge in [-0.3, -0.25) is 10.1 Å². The molecule has 2 fully saturated rings. The van der Waals surface area contributed by atoms with Crippen molar-refractivity contribution >= 4 is 5.91 Å². The van der Waals surface area contributed by atoms with Crippen molar-refractivity contribution in [3.8, 4) is 0 Å². The number of amides is 1. The number of carbonyl (C=O) groups is 1. The Morgan fingerprint density at radius 3 is 2.82 bits per heavy atom. The fraction of sp³-hybridized carbons (Fsp3) is 0.857. The molecule has 0 aliphatic carbocycles. The van der Waals surface area contributed by atoms with Crippen molar-refractivity contribution < 1.29 is 9.53 Å². The monoisotopic (exact) mass is 156 g/mol. The van der Waals surface area contributed by atoms with E-state index < -0.39 is 0 Å². The van der Waals surface area contributed by atoms with Gasteiger partial charge in [-0.1, -0.05) is 0 Å². The minimum atomic E-state index is -0.0763. The van der Waals surface area contributed by atoms with Crippen LogP contribution in [0.3, 0.4) is 0 Å². The van der Waals surface area contributed by atoms with Crippen molar-refractivity contribution in [1.82, 2.24) is 10.6 Å². The summed E-state index contributed by atoms with van der Waals surface area (Å²) in [5.41, 5.74) is 0.0489. The van der Waals surface area contributed by atoms with E-state index in [0.29, 0.717) is 6.54 Å². The normalized spacial score (nSPS) is 34.6. The summed E-state index contributed by atoms with van der Waals surface area (Å²) in [4.78, 5) is 11.0. The van der Waals surface area contributed by atoms with Crippen LogP contribution in [0.5, 0.6) is 0 Å². The number of nitrogens with one attached hydrogen (secondary N) is 2. The highest BCUT2D eigenvalue weighted by molar-refractivity contribution is 5.82.